The van der Waals surface area contributed by atoms with Crippen molar-refractivity contribution in [2.45, 2.75) is 45.8 Å². The molecule has 0 heterocycles. The maximum atomic E-state index is 6.18. The average molecular weight is 295 g/mol. The highest BCUT2D eigenvalue weighted by molar-refractivity contribution is 6.87. The zero-order valence-electron chi connectivity index (χ0n) is 11.7. The smallest absolute Gasteiger partial charge is 0.341 e. The molecule has 0 saturated carbocycles. The molecular formula is C9H26O3Si4. The molecule has 16 heavy (non-hydrogen) atoms. The first-order valence-corrected chi connectivity index (χ1v) is 16.6. The molecule has 1 unspecified atom stereocenters. The van der Waals surface area contributed by atoms with Gasteiger partial charge in [0.15, 0.2) is 18.1 Å². The van der Waals surface area contributed by atoms with Crippen LogP contribution in [0.5, 0.6) is 0 Å². The molecule has 0 aromatic rings. The molecule has 0 rings (SSSR count). The van der Waals surface area contributed by atoms with Gasteiger partial charge in [0.25, 0.3) is 0 Å². The average Bonchev–Trinajstić information content (AvgIpc) is 1.98. The highest BCUT2D eigenvalue weighted by atomic mass is 28.5. The van der Waals surface area contributed by atoms with Gasteiger partial charge in [0.05, 0.1) is 0 Å². The maximum absolute atomic E-state index is 6.18. The lowest BCUT2D eigenvalue weighted by molar-refractivity contribution is 0.345. The van der Waals surface area contributed by atoms with Crippen LogP contribution in [-0.2, 0) is 12.3 Å². The second kappa shape index (κ2) is 6.43. The first-order valence-electron chi connectivity index (χ1n) is 5.79. The van der Waals surface area contributed by atoms with Crippen LogP contribution in [0.25, 0.3) is 0 Å². The monoisotopic (exact) mass is 294 g/mol. The summed E-state index contributed by atoms with van der Waals surface area (Å²) in [6.45, 7) is 18.8. The predicted molar refractivity (Wildman–Crippen MR) is 80.3 cm³/mol. The summed E-state index contributed by atoms with van der Waals surface area (Å²) in [7, 11) is -6.39. The third-order valence-corrected chi connectivity index (χ3v) is 14.1. The van der Waals surface area contributed by atoms with E-state index in [-0.39, 0.29) is 0 Å². The molecule has 96 valence electrons. The van der Waals surface area contributed by atoms with Crippen LogP contribution >= 0.6 is 0 Å². The summed E-state index contributed by atoms with van der Waals surface area (Å²) in [4.78, 5) is 0. The third-order valence-electron chi connectivity index (χ3n) is 1.81. The standard InChI is InChI=1S/C9H26O3Si4/c1-9-16(8,11-14(4)5)12-15(6,7)10-13(2)3/h9,13-14H,1H2,2-8H3. The van der Waals surface area contributed by atoms with Crippen molar-refractivity contribution in [3.05, 3.63) is 12.3 Å². The van der Waals surface area contributed by atoms with Gasteiger partial charge in [-0.25, -0.2) is 0 Å². The van der Waals surface area contributed by atoms with Crippen molar-refractivity contribution in [2.75, 3.05) is 0 Å². The van der Waals surface area contributed by atoms with Crippen molar-refractivity contribution in [2.24, 2.45) is 0 Å². The quantitative estimate of drug-likeness (QED) is 0.675. The molecule has 7 heteroatoms. The van der Waals surface area contributed by atoms with E-state index in [1.54, 1.807) is 0 Å². The van der Waals surface area contributed by atoms with E-state index in [1.807, 2.05) is 5.70 Å². The summed E-state index contributed by atoms with van der Waals surface area (Å²) in [6, 6.07) is 0. The minimum absolute atomic E-state index is 1.05. The molecular weight excluding hydrogens is 268 g/mol. The number of rotatable bonds is 7. The Morgan fingerprint density at radius 3 is 1.69 bits per heavy atom. The maximum Gasteiger partial charge on any atom is 0.341 e. The summed E-state index contributed by atoms with van der Waals surface area (Å²) >= 11 is 0. The van der Waals surface area contributed by atoms with Gasteiger partial charge in [-0.3, -0.25) is 0 Å². The summed E-state index contributed by atoms with van der Waals surface area (Å²) in [5.74, 6) is 0. The number of hydrogen-bond acceptors (Lipinski definition) is 3. The van der Waals surface area contributed by atoms with Crippen molar-refractivity contribution in [1.29, 1.82) is 0 Å². The van der Waals surface area contributed by atoms with E-state index in [4.69, 9.17) is 12.3 Å². The van der Waals surface area contributed by atoms with Crippen molar-refractivity contribution < 1.29 is 12.3 Å². The lowest BCUT2D eigenvalue weighted by atomic mass is 11.3. The van der Waals surface area contributed by atoms with Gasteiger partial charge >= 0.3 is 17.1 Å². The molecule has 0 radical (unpaired) electrons. The Morgan fingerprint density at radius 1 is 0.938 bits per heavy atom. The molecule has 0 spiro atoms. The molecule has 0 N–H and O–H groups in total. The molecule has 0 aliphatic heterocycles. The van der Waals surface area contributed by atoms with Crippen LogP contribution < -0.4 is 0 Å². The van der Waals surface area contributed by atoms with E-state index in [2.05, 4.69) is 52.4 Å². The molecule has 1 atom stereocenters. The highest BCUT2D eigenvalue weighted by Gasteiger charge is 2.38. The Bertz CT molecular complexity index is 233. The van der Waals surface area contributed by atoms with Gasteiger partial charge in [-0.2, -0.15) is 0 Å². The molecule has 0 aromatic carbocycles. The summed E-state index contributed by atoms with van der Waals surface area (Å²) in [5.41, 5.74) is 1.87. The van der Waals surface area contributed by atoms with Gasteiger partial charge in [0.2, 0.25) is 0 Å². The van der Waals surface area contributed by atoms with E-state index in [1.165, 1.54) is 0 Å². The van der Waals surface area contributed by atoms with Gasteiger partial charge < -0.3 is 12.3 Å². The second-order valence-corrected chi connectivity index (χ2v) is 17.2. The molecule has 0 aliphatic carbocycles. The Kier molecular flexibility index (Phi) is 6.62. The molecule has 0 saturated heterocycles. The molecule has 0 aromatic heterocycles. The zero-order valence-corrected chi connectivity index (χ0v) is 16.0. The van der Waals surface area contributed by atoms with Crippen molar-refractivity contribution in [3.8, 4) is 0 Å². The van der Waals surface area contributed by atoms with Crippen LogP contribution in [0.15, 0.2) is 12.3 Å². The van der Waals surface area contributed by atoms with Gasteiger partial charge in [-0.15, -0.1) is 6.58 Å². The largest absolute Gasteiger partial charge is 0.440 e. The summed E-state index contributed by atoms with van der Waals surface area (Å²) in [5, 5.41) is 0. The van der Waals surface area contributed by atoms with Crippen molar-refractivity contribution >= 4 is 35.2 Å². The van der Waals surface area contributed by atoms with Gasteiger partial charge in [-0.05, 0) is 45.8 Å². The van der Waals surface area contributed by atoms with Crippen LogP contribution in [0, 0.1) is 0 Å². The molecule has 0 aliphatic rings. The topological polar surface area (TPSA) is 27.7 Å². The number of hydrogen-bond donors (Lipinski definition) is 0. The Morgan fingerprint density at radius 2 is 1.38 bits per heavy atom. The van der Waals surface area contributed by atoms with Crippen molar-refractivity contribution in [3.63, 3.8) is 0 Å². The first kappa shape index (κ1) is 16.5. The van der Waals surface area contributed by atoms with Crippen LogP contribution in [0.2, 0.25) is 45.8 Å². The normalized spacial score (nSPS) is 16.6. The fourth-order valence-electron chi connectivity index (χ4n) is 1.66. The van der Waals surface area contributed by atoms with E-state index in [9.17, 15) is 0 Å². The van der Waals surface area contributed by atoms with E-state index >= 15 is 0 Å². The minimum Gasteiger partial charge on any atom is -0.440 e. The Hall–Kier alpha value is 0.488. The van der Waals surface area contributed by atoms with Crippen molar-refractivity contribution in [1.82, 2.24) is 0 Å². The van der Waals surface area contributed by atoms with Crippen LogP contribution in [0.3, 0.4) is 0 Å². The van der Waals surface area contributed by atoms with E-state index in [0.29, 0.717) is 0 Å². The lowest BCUT2D eigenvalue weighted by Crippen LogP contribution is -2.52. The second-order valence-electron chi connectivity index (χ2n) is 5.06. The predicted octanol–water partition coefficient (Wildman–Crippen LogP) is 2.50. The highest BCUT2D eigenvalue weighted by Crippen LogP contribution is 2.19. The summed E-state index contributed by atoms with van der Waals surface area (Å²) in [6.07, 6.45) is 0. The van der Waals surface area contributed by atoms with Gasteiger partial charge in [-0.1, -0.05) is 5.70 Å². The Balaban J connectivity index is 4.56. The fourth-order valence-corrected chi connectivity index (χ4v) is 15.8. The van der Waals surface area contributed by atoms with Gasteiger partial charge in [0.1, 0.15) is 0 Å². The van der Waals surface area contributed by atoms with Crippen LogP contribution in [0.1, 0.15) is 0 Å². The third kappa shape index (κ3) is 6.94. The van der Waals surface area contributed by atoms with Crippen LogP contribution in [-0.4, -0.2) is 35.2 Å². The minimum atomic E-state index is -2.20. The van der Waals surface area contributed by atoms with Gasteiger partial charge in [0, 0.05) is 0 Å². The van der Waals surface area contributed by atoms with E-state index in [0.717, 1.165) is 0 Å². The van der Waals surface area contributed by atoms with Crippen LogP contribution in [0.4, 0.5) is 0 Å². The summed E-state index contributed by atoms with van der Waals surface area (Å²) < 4.78 is 18.2. The zero-order chi connectivity index (χ0) is 13.0. The molecule has 0 bridgehead atoms. The fraction of sp³-hybridized carbons (Fsp3) is 0.778. The molecule has 3 nitrogen and oxygen atoms in total. The molecule has 0 amide bonds. The first-order chi connectivity index (χ1) is 7.10. The lowest BCUT2D eigenvalue weighted by Gasteiger charge is -2.35. The molecule has 0 fully saturated rings. The SMILES string of the molecule is C=C[Si](C)(O[SiH](C)C)O[Si](C)(C)O[SiH](C)C. The Labute approximate surface area is 106 Å². The van der Waals surface area contributed by atoms with E-state index < -0.39 is 35.2 Å².